The molecule has 0 amide bonds. The molecule has 1 rings (SSSR count). The highest BCUT2D eigenvalue weighted by Crippen LogP contribution is 2.28. The summed E-state index contributed by atoms with van der Waals surface area (Å²) in [6.07, 6.45) is 2.23. The van der Waals surface area contributed by atoms with Crippen LogP contribution in [0, 0.1) is 6.92 Å². The smallest absolute Gasteiger partial charge is 0.0396 e. The van der Waals surface area contributed by atoms with Crippen molar-refractivity contribution < 1.29 is 0 Å². The van der Waals surface area contributed by atoms with Gasteiger partial charge in [-0.1, -0.05) is 32.9 Å². The van der Waals surface area contributed by atoms with Crippen LogP contribution in [-0.2, 0) is 5.41 Å². The van der Waals surface area contributed by atoms with E-state index in [-0.39, 0.29) is 5.41 Å². The predicted molar refractivity (Wildman–Crippen MR) is 86.0 cm³/mol. The Balaban J connectivity index is 2.81. The molecule has 2 N–H and O–H groups in total. The van der Waals surface area contributed by atoms with E-state index in [4.69, 9.17) is 5.73 Å². The van der Waals surface area contributed by atoms with Gasteiger partial charge in [0.1, 0.15) is 0 Å². The number of benzene rings is 1. The number of hydrogen-bond acceptors (Lipinski definition) is 2. The van der Waals surface area contributed by atoms with Crippen molar-refractivity contribution in [2.75, 3.05) is 18.5 Å². The third-order valence-electron chi connectivity index (χ3n) is 3.64. The lowest BCUT2D eigenvalue weighted by molar-refractivity contribution is 0.589. The van der Waals surface area contributed by atoms with Crippen molar-refractivity contribution in [3.63, 3.8) is 0 Å². The van der Waals surface area contributed by atoms with Gasteiger partial charge in [0.2, 0.25) is 0 Å². The molecule has 2 heteroatoms. The monoisotopic (exact) mass is 262 g/mol. The first-order valence-electron chi connectivity index (χ1n) is 7.29. The Labute approximate surface area is 119 Å². The van der Waals surface area contributed by atoms with Crippen molar-refractivity contribution in [3.8, 4) is 0 Å². The molecule has 0 aliphatic rings. The third kappa shape index (κ3) is 4.87. The molecule has 0 aliphatic heterocycles. The molecule has 1 aromatic carbocycles. The van der Waals surface area contributed by atoms with Gasteiger partial charge in [-0.05, 0) is 49.3 Å². The van der Waals surface area contributed by atoms with Gasteiger partial charge >= 0.3 is 0 Å². The van der Waals surface area contributed by atoms with E-state index in [1.54, 1.807) is 0 Å². The van der Waals surface area contributed by atoms with Crippen LogP contribution in [0.25, 0.3) is 0 Å². The number of nitrogens with two attached hydrogens (primary N) is 1. The molecular formula is C17H30N2. The molecule has 108 valence electrons. The van der Waals surface area contributed by atoms with E-state index in [0.29, 0.717) is 6.04 Å². The summed E-state index contributed by atoms with van der Waals surface area (Å²) >= 11 is 0. The van der Waals surface area contributed by atoms with Gasteiger partial charge in [0, 0.05) is 25.3 Å². The van der Waals surface area contributed by atoms with Gasteiger partial charge in [0.15, 0.2) is 0 Å². The maximum absolute atomic E-state index is 5.81. The Bertz CT molecular complexity index is 402. The highest BCUT2D eigenvalue weighted by Gasteiger charge is 2.15. The SMILES string of the molecule is Cc1ccc(C(C)(C)C)cc1N(C)CCCC(C)N. The van der Waals surface area contributed by atoms with Crippen molar-refractivity contribution in [3.05, 3.63) is 29.3 Å². The van der Waals surface area contributed by atoms with Gasteiger partial charge in [-0.15, -0.1) is 0 Å². The molecule has 1 atom stereocenters. The zero-order valence-corrected chi connectivity index (χ0v) is 13.5. The Kier molecular flexibility index (Phi) is 5.42. The highest BCUT2D eigenvalue weighted by molar-refractivity contribution is 5.55. The minimum absolute atomic E-state index is 0.203. The molecular weight excluding hydrogens is 232 g/mol. The molecule has 0 heterocycles. The van der Waals surface area contributed by atoms with Gasteiger partial charge in [0.25, 0.3) is 0 Å². The second kappa shape index (κ2) is 6.42. The number of anilines is 1. The Morgan fingerprint density at radius 2 is 1.89 bits per heavy atom. The minimum atomic E-state index is 0.203. The van der Waals surface area contributed by atoms with Crippen LogP contribution in [0.1, 0.15) is 51.7 Å². The predicted octanol–water partition coefficient (Wildman–Crippen LogP) is 3.86. The first kappa shape index (κ1) is 16.0. The molecule has 0 aromatic heterocycles. The van der Waals surface area contributed by atoms with E-state index >= 15 is 0 Å². The summed E-state index contributed by atoms with van der Waals surface area (Å²) in [5.74, 6) is 0. The van der Waals surface area contributed by atoms with Crippen LogP contribution in [0.15, 0.2) is 18.2 Å². The van der Waals surface area contributed by atoms with E-state index in [9.17, 15) is 0 Å². The Morgan fingerprint density at radius 3 is 2.42 bits per heavy atom. The zero-order chi connectivity index (χ0) is 14.6. The van der Waals surface area contributed by atoms with Crippen molar-refractivity contribution in [1.82, 2.24) is 0 Å². The fourth-order valence-corrected chi connectivity index (χ4v) is 2.26. The molecule has 1 aromatic rings. The van der Waals surface area contributed by atoms with Gasteiger partial charge < -0.3 is 10.6 Å². The first-order chi connectivity index (χ1) is 8.71. The van der Waals surface area contributed by atoms with Crippen LogP contribution in [0.3, 0.4) is 0 Å². The van der Waals surface area contributed by atoms with E-state index in [2.05, 4.69) is 64.8 Å². The van der Waals surface area contributed by atoms with Crippen molar-refractivity contribution >= 4 is 5.69 Å². The number of aryl methyl sites for hydroxylation is 1. The normalized spacial score (nSPS) is 13.4. The molecule has 0 spiro atoms. The minimum Gasteiger partial charge on any atom is -0.374 e. The molecule has 0 saturated carbocycles. The van der Waals surface area contributed by atoms with Crippen LogP contribution >= 0.6 is 0 Å². The largest absolute Gasteiger partial charge is 0.374 e. The summed E-state index contributed by atoms with van der Waals surface area (Å²) < 4.78 is 0. The van der Waals surface area contributed by atoms with Crippen LogP contribution in [0.2, 0.25) is 0 Å². The Morgan fingerprint density at radius 1 is 1.26 bits per heavy atom. The van der Waals surface area contributed by atoms with E-state index in [0.717, 1.165) is 19.4 Å². The quantitative estimate of drug-likeness (QED) is 0.873. The molecule has 0 radical (unpaired) electrons. The zero-order valence-electron chi connectivity index (χ0n) is 13.5. The molecule has 0 aliphatic carbocycles. The molecule has 0 saturated heterocycles. The lowest BCUT2D eigenvalue weighted by Crippen LogP contribution is -2.23. The maximum Gasteiger partial charge on any atom is 0.0396 e. The molecule has 0 fully saturated rings. The average Bonchev–Trinajstić information content (AvgIpc) is 2.27. The summed E-state index contributed by atoms with van der Waals surface area (Å²) in [4.78, 5) is 2.35. The second-order valence-electron chi connectivity index (χ2n) is 6.79. The lowest BCUT2D eigenvalue weighted by atomic mass is 9.86. The van der Waals surface area contributed by atoms with E-state index in [1.165, 1.54) is 16.8 Å². The van der Waals surface area contributed by atoms with E-state index in [1.807, 2.05) is 0 Å². The van der Waals surface area contributed by atoms with Crippen molar-refractivity contribution in [1.29, 1.82) is 0 Å². The molecule has 2 nitrogen and oxygen atoms in total. The highest BCUT2D eigenvalue weighted by atomic mass is 15.1. The Hall–Kier alpha value is -1.02. The number of nitrogens with zero attached hydrogens (tertiary/aromatic N) is 1. The first-order valence-corrected chi connectivity index (χ1v) is 7.29. The number of rotatable bonds is 5. The summed E-state index contributed by atoms with van der Waals surface area (Å²) in [5, 5.41) is 0. The summed E-state index contributed by atoms with van der Waals surface area (Å²) in [6, 6.07) is 7.11. The molecule has 1 unspecified atom stereocenters. The lowest BCUT2D eigenvalue weighted by Gasteiger charge is -2.26. The van der Waals surface area contributed by atoms with Crippen molar-refractivity contribution in [2.45, 2.75) is 58.9 Å². The van der Waals surface area contributed by atoms with Crippen molar-refractivity contribution in [2.24, 2.45) is 5.73 Å². The van der Waals surface area contributed by atoms with Gasteiger partial charge in [0.05, 0.1) is 0 Å². The number of hydrogen-bond donors (Lipinski definition) is 1. The maximum atomic E-state index is 5.81. The van der Waals surface area contributed by atoms with E-state index < -0.39 is 0 Å². The van der Waals surface area contributed by atoms with Crippen LogP contribution < -0.4 is 10.6 Å². The second-order valence-corrected chi connectivity index (χ2v) is 6.79. The van der Waals surface area contributed by atoms with Crippen LogP contribution in [0.5, 0.6) is 0 Å². The summed E-state index contributed by atoms with van der Waals surface area (Å²) in [5.41, 5.74) is 10.1. The fourth-order valence-electron chi connectivity index (χ4n) is 2.26. The third-order valence-corrected chi connectivity index (χ3v) is 3.64. The topological polar surface area (TPSA) is 29.3 Å². The summed E-state index contributed by atoms with van der Waals surface area (Å²) in [6.45, 7) is 12.1. The average molecular weight is 262 g/mol. The molecule has 0 bridgehead atoms. The van der Waals surface area contributed by atoms with Gasteiger partial charge in [-0.3, -0.25) is 0 Å². The van der Waals surface area contributed by atoms with Crippen LogP contribution in [0.4, 0.5) is 5.69 Å². The fraction of sp³-hybridized carbons (Fsp3) is 0.647. The van der Waals surface area contributed by atoms with Crippen LogP contribution in [-0.4, -0.2) is 19.6 Å². The summed E-state index contributed by atoms with van der Waals surface area (Å²) in [7, 11) is 2.18. The molecule has 19 heavy (non-hydrogen) atoms. The van der Waals surface area contributed by atoms with Gasteiger partial charge in [-0.2, -0.15) is 0 Å². The van der Waals surface area contributed by atoms with Gasteiger partial charge in [-0.25, -0.2) is 0 Å². The standard InChI is InChI=1S/C17H30N2/c1-13-9-10-15(17(3,4)5)12-16(13)19(6)11-7-8-14(2)18/h9-10,12,14H,7-8,11,18H2,1-6H3.